The number of carbonyl (C=O) groups is 1. The number of halogens is 3. The SMILES string of the molecule is Cc1ccc(NC(=O)CSc2nc3ccsc3c(=O)n2-c2cc(F)cc(F)c2)cc1F. The Morgan fingerprint density at radius 1 is 1.13 bits per heavy atom. The molecule has 5 nitrogen and oxygen atoms in total. The van der Waals surface area contributed by atoms with Crippen LogP contribution in [0.15, 0.2) is 57.8 Å². The van der Waals surface area contributed by atoms with E-state index in [1.165, 1.54) is 6.07 Å². The Morgan fingerprint density at radius 2 is 1.87 bits per heavy atom. The maximum Gasteiger partial charge on any atom is 0.276 e. The van der Waals surface area contributed by atoms with Crippen LogP contribution in [0.1, 0.15) is 5.56 Å². The number of nitrogens with one attached hydrogen (secondary N) is 1. The quantitative estimate of drug-likeness (QED) is 0.339. The van der Waals surface area contributed by atoms with Crippen molar-refractivity contribution < 1.29 is 18.0 Å². The first kappa shape index (κ1) is 21.1. The van der Waals surface area contributed by atoms with E-state index in [-0.39, 0.29) is 16.6 Å². The molecule has 0 unspecified atom stereocenters. The molecule has 0 saturated heterocycles. The number of rotatable bonds is 5. The van der Waals surface area contributed by atoms with Crippen molar-refractivity contribution in [3.05, 3.63) is 81.2 Å². The molecule has 0 atom stereocenters. The number of hydrogen-bond donors (Lipinski definition) is 1. The van der Waals surface area contributed by atoms with E-state index >= 15 is 0 Å². The van der Waals surface area contributed by atoms with Crippen LogP contribution in [0, 0.1) is 24.4 Å². The number of fused-ring (bicyclic) bond motifs is 1. The second-order valence-electron chi connectivity index (χ2n) is 6.60. The van der Waals surface area contributed by atoms with Gasteiger partial charge in [0.1, 0.15) is 22.2 Å². The number of amides is 1. The van der Waals surface area contributed by atoms with Crippen LogP contribution >= 0.6 is 23.1 Å². The van der Waals surface area contributed by atoms with Crippen molar-refractivity contribution in [1.82, 2.24) is 9.55 Å². The van der Waals surface area contributed by atoms with Crippen LogP contribution < -0.4 is 10.9 Å². The molecule has 2 aromatic heterocycles. The van der Waals surface area contributed by atoms with Gasteiger partial charge in [-0.3, -0.25) is 14.2 Å². The van der Waals surface area contributed by atoms with Crippen molar-refractivity contribution in [1.29, 1.82) is 0 Å². The number of aryl methyl sites for hydroxylation is 1. The Labute approximate surface area is 182 Å². The first-order valence-electron chi connectivity index (χ1n) is 8.97. The minimum Gasteiger partial charge on any atom is -0.325 e. The second kappa shape index (κ2) is 8.56. The van der Waals surface area contributed by atoms with E-state index in [1.54, 1.807) is 30.5 Å². The van der Waals surface area contributed by atoms with E-state index in [9.17, 15) is 22.8 Å². The van der Waals surface area contributed by atoms with E-state index in [1.807, 2.05) is 0 Å². The van der Waals surface area contributed by atoms with E-state index in [0.29, 0.717) is 27.5 Å². The maximum atomic E-state index is 13.8. The first-order valence-corrected chi connectivity index (χ1v) is 10.8. The number of benzene rings is 2. The zero-order valence-electron chi connectivity index (χ0n) is 16.0. The standard InChI is InChI=1S/C21H14F3N3O2S2/c1-11-2-3-14(9-16(11)24)25-18(28)10-31-21-26-17-4-5-30-19(17)20(29)27(21)15-7-12(22)6-13(23)8-15/h2-9H,10H2,1H3,(H,25,28). The van der Waals surface area contributed by atoms with Gasteiger partial charge in [0.2, 0.25) is 5.91 Å². The number of thioether (sulfide) groups is 1. The summed E-state index contributed by atoms with van der Waals surface area (Å²) in [4.78, 5) is 29.7. The highest BCUT2D eigenvalue weighted by atomic mass is 32.2. The topological polar surface area (TPSA) is 64.0 Å². The molecule has 2 heterocycles. The molecule has 4 aromatic rings. The highest BCUT2D eigenvalue weighted by molar-refractivity contribution is 7.99. The molecule has 0 radical (unpaired) electrons. The zero-order valence-corrected chi connectivity index (χ0v) is 17.6. The molecule has 0 aliphatic rings. The molecular formula is C21H14F3N3O2S2. The average Bonchev–Trinajstić information content (AvgIpc) is 3.17. The van der Waals surface area contributed by atoms with Crippen LogP contribution in [0.2, 0.25) is 0 Å². The molecule has 1 amide bonds. The van der Waals surface area contributed by atoms with Crippen molar-refractivity contribution in [2.45, 2.75) is 12.1 Å². The monoisotopic (exact) mass is 461 g/mol. The van der Waals surface area contributed by atoms with Crippen LogP contribution in [0.25, 0.3) is 15.9 Å². The minimum absolute atomic E-state index is 0.0335. The summed E-state index contributed by atoms with van der Waals surface area (Å²) in [6.07, 6.45) is 0. The number of thiophene rings is 1. The Hall–Kier alpha value is -3.11. The normalized spacial score (nSPS) is 11.1. The van der Waals surface area contributed by atoms with Gasteiger partial charge < -0.3 is 5.32 Å². The summed E-state index contributed by atoms with van der Waals surface area (Å²) < 4.78 is 42.6. The van der Waals surface area contributed by atoms with E-state index in [0.717, 1.165) is 39.8 Å². The average molecular weight is 461 g/mol. The van der Waals surface area contributed by atoms with Gasteiger partial charge in [-0.2, -0.15) is 0 Å². The number of aromatic nitrogens is 2. The molecule has 0 fully saturated rings. The van der Waals surface area contributed by atoms with Crippen LogP contribution in [-0.4, -0.2) is 21.2 Å². The molecule has 0 spiro atoms. The summed E-state index contributed by atoms with van der Waals surface area (Å²) >= 11 is 2.09. The number of carbonyl (C=O) groups excluding carboxylic acids is 1. The molecule has 2 aromatic carbocycles. The fraction of sp³-hybridized carbons (Fsp3) is 0.0952. The van der Waals surface area contributed by atoms with Gasteiger partial charge in [-0.05, 0) is 48.2 Å². The van der Waals surface area contributed by atoms with Gasteiger partial charge in [0.25, 0.3) is 5.56 Å². The molecule has 0 aliphatic heterocycles. The van der Waals surface area contributed by atoms with Gasteiger partial charge in [0, 0.05) is 11.8 Å². The number of hydrogen-bond acceptors (Lipinski definition) is 5. The Morgan fingerprint density at radius 3 is 2.58 bits per heavy atom. The smallest absolute Gasteiger partial charge is 0.276 e. The highest BCUT2D eigenvalue weighted by Gasteiger charge is 2.17. The molecule has 0 bridgehead atoms. The van der Waals surface area contributed by atoms with E-state index < -0.39 is 28.9 Å². The van der Waals surface area contributed by atoms with Crippen LogP contribution in [0.5, 0.6) is 0 Å². The first-order chi connectivity index (χ1) is 14.8. The fourth-order valence-corrected chi connectivity index (χ4v) is 4.45. The minimum atomic E-state index is -0.844. The van der Waals surface area contributed by atoms with Gasteiger partial charge in [-0.15, -0.1) is 11.3 Å². The van der Waals surface area contributed by atoms with E-state index in [4.69, 9.17) is 0 Å². The van der Waals surface area contributed by atoms with Crippen LogP contribution in [0.3, 0.4) is 0 Å². The van der Waals surface area contributed by atoms with Crippen molar-refractivity contribution in [2.75, 3.05) is 11.1 Å². The maximum absolute atomic E-state index is 13.8. The fourth-order valence-electron chi connectivity index (χ4n) is 2.88. The molecule has 31 heavy (non-hydrogen) atoms. The summed E-state index contributed by atoms with van der Waals surface area (Å²) in [7, 11) is 0. The van der Waals surface area contributed by atoms with Crippen molar-refractivity contribution in [3.63, 3.8) is 0 Å². The lowest BCUT2D eigenvalue weighted by atomic mass is 10.2. The second-order valence-corrected chi connectivity index (χ2v) is 8.46. The van der Waals surface area contributed by atoms with Gasteiger partial charge in [0.15, 0.2) is 5.16 Å². The predicted molar refractivity (Wildman–Crippen MR) is 116 cm³/mol. The molecule has 0 aliphatic carbocycles. The molecule has 158 valence electrons. The number of anilines is 1. The van der Waals surface area contributed by atoms with Gasteiger partial charge in [-0.25, -0.2) is 18.2 Å². The summed E-state index contributed by atoms with van der Waals surface area (Å²) in [6.45, 7) is 1.61. The third-order valence-electron chi connectivity index (χ3n) is 4.34. The predicted octanol–water partition coefficient (Wildman–Crippen LogP) is 4.90. The molecule has 10 heteroatoms. The Bertz CT molecular complexity index is 1350. The van der Waals surface area contributed by atoms with E-state index in [2.05, 4.69) is 10.3 Å². The summed E-state index contributed by atoms with van der Waals surface area (Å²) in [5.41, 5.74) is 0.639. The number of nitrogens with zero attached hydrogens (tertiary/aromatic N) is 2. The molecule has 0 saturated carbocycles. The van der Waals surface area contributed by atoms with Crippen molar-refractivity contribution >= 4 is 44.9 Å². The third-order valence-corrected chi connectivity index (χ3v) is 6.17. The molecular weight excluding hydrogens is 447 g/mol. The van der Waals surface area contributed by atoms with Gasteiger partial charge >= 0.3 is 0 Å². The van der Waals surface area contributed by atoms with Gasteiger partial charge in [0.05, 0.1) is 17.0 Å². The van der Waals surface area contributed by atoms with Crippen LogP contribution in [0.4, 0.5) is 18.9 Å². The summed E-state index contributed by atoms with van der Waals surface area (Å²) in [5.74, 6) is -2.75. The zero-order chi connectivity index (χ0) is 22.1. The Balaban J connectivity index is 1.65. The van der Waals surface area contributed by atoms with Crippen molar-refractivity contribution in [2.24, 2.45) is 0 Å². The lowest BCUT2D eigenvalue weighted by molar-refractivity contribution is -0.113. The summed E-state index contributed by atoms with van der Waals surface area (Å²) in [6, 6.07) is 8.71. The van der Waals surface area contributed by atoms with Gasteiger partial charge in [-0.1, -0.05) is 17.8 Å². The summed E-state index contributed by atoms with van der Waals surface area (Å²) in [5, 5.41) is 4.36. The van der Waals surface area contributed by atoms with Crippen LogP contribution in [-0.2, 0) is 4.79 Å². The third kappa shape index (κ3) is 4.49. The molecule has 4 rings (SSSR count). The largest absolute Gasteiger partial charge is 0.325 e. The highest BCUT2D eigenvalue weighted by Crippen LogP contribution is 2.25. The lowest BCUT2D eigenvalue weighted by Crippen LogP contribution is -2.22. The lowest BCUT2D eigenvalue weighted by Gasteiger charge is -2.12. The van der Waals surface area contributed by atoms with Crippen molar-refractivity contribution in [3.8, 4) is 5.69 Å². The molecule has 1 N–H and O–H groups in total. The Kier molecular flexibility index (Phi) is 5.84.